The molecule has 0 spiro atoms. The molecule has 0 bridgehead atoms. The molecule has 1 aromatic heterocycles. The van der Waals surface area contributed by atoms with Crippen molar-refractivity contribution >= 4 is 15.9 Å². The first-order valence-corrected chi connectivity index (χ1v) is 11.7. The third kappa shape index (κ3) is 5.20. The Balaban J connectivity index is 1.73. The molecule has 1 aliphatic rings. The molecule has 9 heteroatoms. The van der Waals surface area contributed by atoms with E-state index in [0.717, 1.165) is 12.8 Å². The summed E-state index contributed by atoms with van der Waals surface area (Å²) in [6, 6.07) is 6.40. The zero-order chi connectivity index (χ0) is 21.7. The van der Waals surface area contributed by atoms with Crippen LogP contribution in [0.4, 0.5) is 0 Å². The lowest BCUT2D eigenvalue weighted by Crippen LogP contribution is -2.42. The van der Waals surface area contributed by atoms with E-state index in [1.54, 1.807) is 23.0 Å². The quantitative estimate of drug-likeness (QED) is 0.644. The van der Waals surface area contributed by atoms with Crippen LogP contribution in [0.3, 0.4) is 0 Å². The molecule has 2 unspecified atom stereocenters. The average Bonchev–Trinajstić information content (AvgIpc) is 3.23. The van der Waals surface area contributed by atoms with Gasteiger partial charge in [0.25, 0.3) is 5.91 Å². The Morgan fingerprint density at radius 2 is 2.00 bits per heavy atom. The SMILES string of the molecule is COc1ccc(C(=O)NCCCn2cccn2)cc1S(=O)(=O)N1CC(C)CC(C)C1. The van der Waals surface area contributed by atoms with Crippen LogP contribution in [0, 0.1) is 11.8 Å². The highest BCUT2D eigenvalue weighted by Gasteiger charge is 2.34. The van der Waals surface area contributed by atoms with E-state index in [1.165, 1.54) is 17.5 Å². The average molecular weight is 435 g/mol. The summed E-state index contributed by atoms with van der Waals surface area (Å²) in [5.41, 5.74) is 0.298. The van der Waals surface area contributed by atoms with Crippen molar-refractivity contribution in [2.24, 2.45) is 11.8 Å². The molecular weight excluding hydrogens is 404 g/mol. The molecular formula is C21H30N4O4S. The van der Waals surface area contributed by atoms with Crippen LogP contribution in [0.5, 0.6) is 5.75 Å². The number of rotatable bonds is 8. The number of piperidine rings is 1. The van der Waals surface area contributed by atoms with Gasteiger partial charge >= 0.3 is 0 Å². The molecule has 30 heavy (non-hydrogen) atoms. The molecule has 2 heterocycles. The van der Waals surface area contributed by atoms with Crippen LogP contribution in [0.1, 0.15) is 37.0 Å². The Bertz CT molecular complexity index is 949. The number of nitrogens with zero attached hydrogens (tertiary/aromatic N) is 3. The highest BCUT2D eigenvalue weighted by atomic mass is 32.2. The Morgan fingerprint density at radius 3 is 2.63 bits per heavy atom. The molecule has 1 saturated heterocycles. The number of carbonyl (C=O) groups is 1. The fraction of sp³-hybridized carbons (Fsp3) is 0.524. The van der Waals surface area contributed by atoms with Crippen molar-refractivity contribution in [1.82, 2.24) is 19.4 Å². The van der Waals surface area contributed by atoms with E-state index in [4.69, 9.17) is 4.74 Å². The molecule has 164 valence electrons. The highest BCUT2D eigenvalue weighted by molar-refractivity contribution is 7.89. The standard InChI is InChI=1S/C21H30N4O4S/c1-16-12-17(2)15-25(14-16)30(27,28)20-13-18(6-7-19(20)29-3)21(26)22-8-4-10-24-11-5-9-23-24/h5-7,9,11,13,16-17H,4,8,10,12,14-15H2,1-3H3,(H,22,26). The van der Waals surface area contributed by atoms with E-state index in [1.807, 2.05) is 12.3 Å². The second-order valence-corrected chi connectivity index (χ2v) is 9.92. The molecule has 0 saturated carbocycles. The van der Waals surface area contributed by atoms with E-state index in [0.29, 0.717) is 31.7 Å². The lowest BCUT2D eigenvalue weighted by atomic mass is 9.94. The van der Waals surface area contributed by atoms with E-state index < -0.39 is 10.0 Å². The summed E-state index contributed by atoms with van der Waals surface area (Å²) >= 11 is 0. The van der Waals surface area contributed by atoms with Crippen LogP contribution in [-0.2, 0) is 16.6 Å². The van der Waals surface area contributed by atoms with Crippen LogP contribution in [0.2, 0.25) is 0 Å². The number of methoxy groups -OCH3 is 1. The number of nitrogens with one attached hydrogen (secondary N) is 1. The molecule has 2 aromatic rings. The van der Waals surface area contributed by atoms with E-state index >= 15 is 0 Å². The smallest absolute Gasteiger partial charge is 0.251 e. The van der Waals surface area contributed by atoms with Crippen molar-refractivity contribution in [2.45, 2.75) is 38.1 Å². The minimum absolute atomic E-state index is 0.0375. The normalized spacial score (nSPS) is 20.1. The molecule has 8 nitrogen and oxygen atoms in total. The maximum Gasteiger partial charge on any atom is 0.251 e. The first-order chi connectivity index (χ1) is 14.3. The van der Waals surface area contributed by atoms with Gasteiger partial charge in [-0.2, -0.15) is 9.40 Å². The molecule has 1 N–H and O–H groups in total. The first kappa shape index (κ1) is 22.3. The van der Waals surface area contributed by atoms with Crippen LogP contribution in [0.15, 0.2) is 41.6 Å². The molecule has 1 aliphatic heterocycles. The topological polar surface area (TPSA) is 93.5 Å². The van der Waals surface area contributed by atoms with Crippen molar-refractivity contribution in [3.8, 4) is 5.75 Å². The lowest BCUT2D eigenvalue weighted by molar-refractivity contribution is 0.0952. The number of carbonyl (C=O) groups excluding carboxylic acids is 1. The summed E-state index contributed by atoms with van der Waals surface area (Å²) in [6.07, 6.45) is 5.30. The predicted molar refractivity (Wildman–Crippen MR) is 114 cm³/mol. The van der Waals surface area contributed by atoms with Crippen LogP contribution >= 0.6 is 0 Å². The molecule has 2 atom stereocenters. The minimum Gasteiger partial charge on any atom is -0.495 e. The van der Waals surface area contributed by atoms with Crippen LogP contribution in [-0.4, -0.2) is 55.2 Å². The van der Waals surface area contributed by atoms with Crippen molar-refractivity contribution in [3.05, 3.63) is 42.2 Å². The Hall–Kier alpha value is -2.39. The van der Waals surface area contributed by atoms with Gasteiger partial charge in [0.05, 0.1) is 7.11 Å². The van der Waals surface area contributed by atoms with Gasteiger partial charge in [0.2, 0.25) is 10.0 Å². The second kappa shape index (κ2) is 9.61. The van der Waals surface area contributed by atoms with Crippen LogP contribution in [0.25, 0.3) is 0 Å². The van der Waals surface area contributed by atoms with E-state index in [9.17, 15) is 13.2 Å². The largest absolute Gasteiger partial charge is 0.495 e. The van der Waals surface area contributed by atoms with E-state index in [2.05, 4.69) is 24.3 Å². The highest BCUT2D eigenvalue weighted by Crippen LogP contribution is 2.32. The van der Waals surface area contributed by atoms with Crippen molar-refractivity contribution in [1.29, 1.82) is 0 Å². The molecule has 1 aromatic carbocycles. The van der Waals surface area contributed by atoms with Gasteiger partial charge in [-0.3, -0.25) is 9.48 Å². The maximum atomic E-state index is 13.3. The third-order valence-corrected chi connectivity index (χ3v) is 7.14. The number of benzene rings is 1. The van der Waals surface area contributed by atoms with Gasteiger partial charge in [0.15, 0.2) is 0 Å². The van der Waals surface area contributed by atoms with Gasteiger partial charge in [-0.15, -0.1) is 0 Å². The number of amides is 1. The summed E-state index contributed by atoms with van der Waals surface area (Å²) in [6.45, 7) is 6.22. The Labute approximate surface area is 178 Å². The summed E-state index contributed by atoms with van der Waals surface area (Å²) in [5, 5.41) is 6.96. The van der Waals surface area contributed by atoms with Gasteiger partial charge < -0.3 is 10.1 Å². The molecule has 1 amide bonds. The lowest BCUT2D eigenvalue weighted by Gasteiger charge is -2.34. The molecule has 0 radical (unpaired) electrons. The van der Waals surface area contributed by atoms with Crippen molar-refractivity contribution in [2.75, 3.05) is 26.7 Å². The number of aryl methyl sites for hydroxylation is 1. The third-order valence-electron chi connectivity index (χ3n) is 5.29. The fourth-order valence-corrected chi connectivity index (χ4v) is 5.80. The number of hydrogen-bond acceptors (Lipinski definition) is 5. The molecule has 0 aliphatic carbocycles. The molecule has 1 fully saturated rings. The first-order valence-electron chi connectivity index (χ1n) is 10.2. The predicted octanol–water partition coefficient (Wildman–Crippen LogP) is 2.38. The Morgan fingerprint density at radius 1 is 1.27 bits per heavy atom. The number of aromatic nitrogens is 2. The number of ether oxygens (including phenoxy) is 1. The monoisotopic (exact) mass is 434 g/mol. The minimum atomic E-state index is -3.76. The summed E-state index contributed by atoms with van der Waals surface area (Å²) < 4.78 is 35.3. The zero-order valence-electron chi connectivity index (χ0n) is 17.7. The van der Waals surface area contributed by atoms with Gasteiger partial charge in [-0.05, 0) is 48.9 Å². The maximum absolute atomic E-state index is 13.3. The number of hydrogen-bond donors (Lipinski definition) is 1. The fourth-order valence-electron chi connectivity index (χ4n) is 3.94. The summed E-state index contributed by atoms with van der Waals surface area (Å²) in [5.74, 6) is 0.512. The van der Waals surface area contributed by atoms with Gasteiger partial charge in [0, 0.05) is 44.1 Å². The number of sulfonamides is 1. The van der Waals surface area contributed by atoms with Gasteiger partial charge in [-0.25, -0.2) is 8.42 Å². The van der Waals surface area contributed by atoms with Crippen molar-refractivity contribution < 1.29 is 17.9 Å². The second-order valence-electron chi connectivity index (χ2n) is 8.01. The Kier molecular flexibility index (Phi) is 7.14. The van der Waals surface area contributed by atoms with Gasteiger partial charge in [0.1, 0.15) is 10.6 Å². The van der Waals surface area contributed by atoms with E-state index in [-0.39, 0.29) is 28.4 Å². The summed E-state index contributed by atoms with van der Waals surface area (Å²) in [7, 11) is -2.33. The van der Waals surface area contributed by atoms with Crippen LogP contribution < -0.4 is 10.1 Å². The van der Waals surface area contributed by atoms with Crippen molar-refractivity contribution in [3.63, 3.8) is 0 Å². The van der Waals surface area contributed by atoms with Gasteiger partial charge in [-0.1, -0.05) is 13.8 Å². The molecule has 3 rings (SSSR count). The summed E-state index contributed by atoms with van der Waals surface area (Å²) in [4.78, 5) is 12.6. The zero-order valence-corrected chi connectivity index (χ0v) is 18.6.